The van der Waals surface area contributed by atoms with E-state index >= 15 is 0 Å². The lowest BCUT2D eigenvalue weighted by Crippen LogP contribution is -2.46. The van der Waals surface area contributed by atoms with Crippen molar-refractivity contribution >= 4 is 16.9 Å². The molecule has 1 aromatic carbocycles. The summed E-state index contributed by atoms with van der Waals surface area (Å²) in [6, 6.07) is 9.29. The van der Waals surface area contributed by atoms with Crippen molar-refractivity contribution in [3.05, 3.63) is 70.7 Å². The molecule has 2 aliphatic heterocycles. The summed E-state index contributed by atoms with van der Waals surface area (Å²) in [5.74, 6) is -0.267. The first-order chi connectivity index (χ1) is 22.2. The number of amides is 1. The molecule has 1 saturated heterocycles. The Morgan fingerprint density at radius 2 is 1.87 bits per heavy atom. The minimum Gasteiger partial charge on any atom is -0.390 e. The zero-order valence-corrected chi connectivity index (χ0v) is 27.8. The molecule has 3 N–H and O–H groups in total. The van der Waals surface area contributed by atoms with Gasteiger partial charge in [0.05, 0.1) is 40.6 Å². The predicted octanol–water partition coefficient (Wildman–Crippen LogP) is 3.62. The molecule has 2 atom stereocenters. The van der Waals surface area contributed by atoms with Crippen LogP contribution >= 0.6 is 0 Å². The average Bonchev–Trinajstić information content (AvgIpc) is 3.38. The van der Waals surface area contributed by atoms with Crippen molar-refractivity contribution in [2.45, 2.75) is 77.0 Å². The maximum absolute atomic E-state index is 14.0. The van der Waals surface area contributed by atoms with Crippen LogP contribution in [0.4, 0.5) is 13.2 Å². The Bertz CT molecular complexity index is 1570. The molecule has 2 aliphatic rings. The van der Waals surface area contributed by atoms with E-state index in [9.17, 15) is 32.4 Å². The Hall–Kier alpha value is -3.17. The molecule has 3 aromatic rings. The molecule has 0 radical (unpaired) electrons. The van der Waals surface area contributed by atoms with Crippen LogP contribution in [-0.4, -0.2) is 82.8 Å². The van der Waals surface area contributed by atoms with Gasteiger partial charge < -0.3 is 20.4 Å². The number of halogens is 3. The lowest BCUT2D eigenvalue weighted by Gasteiger charge is -2.38. The van der Waals surface area contributed by atoms with E-state index in [4.69, 9.17) is 5.10 Å². The smallest absolute Gasteiger partial charge is 0.390 e. The quantitative estimate of drug-likeness (QED) is 0.284. The molecule has 0 spiro atoms. The number of carbonyl (C=O) groups excluding carboxylic acids is 1. The van der Waals surface area contributed by atoms with Gasteiger partial charge in [0.2, 0.25) is 5.91 Å². The molecule has 2 unspecified atom stereocenters. The van der Waals surface area contributed by atoms with E-state index in [2.05, 4.69) is 15.2 Å². The van der Waals surface area contributed by atoms with Gasteiger partial charge in [-0.2, -0.15) is 18.3 Å². The van der Waals surface area contributed by atoms with Gasteiger partial charge in [-0.25, -0.2) is 8.51 Å². The predicted molar refractivity (Wildman–Crippen MR) is 172 cm³/mol. The summed E-state index contributed by atoms with van der Waals surface area (Å²) in [5, 5.41) is 29.7. The summed E-state index contributed by atoms with van der Waals surface area (Å²) in [7, 11) is -1.27. The average molecular weight is 677 g/mol. The van der Waals surface area contributed by atoms with Gasteiger partial charge in [-0.3, -0.25) is 14.5 Å². The van der Waals surface area contributed by atoms with Crippen molar-refractivity contribution in [3.8, 4) is 11.3 Å². The number of rotatable bonds is 11. The third kappa shape index (κ3) is 8.47. The van der Waals surface area contributed by atoms with E-state index in [1.165, 1.54) is 12.1 Å². The van der Waals surface area contributed by atoms with Crippen molar-refractivity contribution in [1.29, 1.82) is 0 Å². The van der Waals surface area contributed by atoms with Crippen LogP contribution in [0.15, 0.2) is 42.6 Å². The highest BCUT2D eigenvalue weighted by Gasteiger charge is 2.37. The summed E-state index contributed by atoms with van der Waals surface area (Å²) >= 11 is 0. The monoisotopic (exact) mass is 676 g/mol. The SMILES string of the molecule is CC(C)CC(=O)NCc1cc(-c2nn(CC(O)CN3CCC(O)(c4ccccn4)CC3)c3c2CN(S(C)=O)CC3)ccc1C(F)(F)F. The molecule has 256 valence electrons. The number of β-amino-alcohol motifs (C(OH)–C–C–N with tert-alkyl or cyclic N) is 1. The molecule has 4 heterocycles. The van der Waals surface area contributed by atoms with E-state index in [-0.39, 0.29) is 36.9 Å². The molecule has 2 aromatic heterocycles. The zero-order valence-electron chi connectivity index (χ0n) is 27.0. The van der Waals surface area contributed by atoms with Crippen LogP contribution in [0, 0.1) is 5.92 Å². The number of alkyl halides is 3. The fourth-order valence-electron chi connectivity index (χ4n) is 6.42. The molecule has 0 saturated carbocycles. The third-order valence-corrected chi connectivity index (χ3v) is 9.93. The van der Waals surface area contributed by atoms with Crippen molar-refractivity contribution in [2.24, 2.45) is 5.92 Å². The van der Waals surface area contributed by atoms with Gasteiger partial charge in [0.1, 0.15) is 5.60 Å². The molecule has 47 heavy (non-hydrogen) atoms. The number of hydrogen-bond donors (Lipinski definition) is 3. The number of nitrogens with one attached hydrogen (secondary N) is 1. The second kappa shape index (κ2) is 14.5. The molecule has 10 nitrogen and oxygen atoms in total. The Morgan fingerprint density at radius 1 is 1.13 bits per heavy atom. The number of fused-ring (bicyclic) bond motifs is 1. The van der Waals surface area contributed by atoms with Crippen LogP contribution in [-0.2, 0) is 53.6 Å². The number of nitrogens with zero attached hydrogens (tertiary/aromatic N) is 5. The molecular weight excluding hydrogens is 633 g/mol. The number of pyridine rings is 1. The lowest BCUT2D eigenvalue weighted by molar-refractivity contribution is -0.138. The molecular formula is C33H43F3N6O4S. The Balaban J connectivity index is 1.37. The summed E-state index contributed by atoms with van der Waals surface area (Å²) in [6.45, 7) is 5.91. The number of piperidine rings is 1. The number of benzene rings is 1. The van der Waals surface area contributed by atoms with E-state index in [1.54, 1.807) is 21.4 Å². The van der Waals surface area contributed by atoms with Crippen molar-refractivity contribution < 1.29 is 32.4 Å². The topological polar surface area (TPSA) is 124 Å². The van der Waals surface area contributed by atoms with E-state index in [1.807, 2.05) is 32.0 Å². The largest absolute Gasteiger partial charge is 0.416 e. The first-order valence-corrected chi connectivity index (χ1v) is 17.4. The van der Waals surface area contributed by atoms with Gasteiger partial charge in [-0.1, -0.05) is 26.0 Å². The van der Waals surface area contributed by atoms with Crippen LogP contribution in [0.25, 0.3) is 11.3 Å². The normalized spacial score (nSPS) is 18.6. The summed E-state index contributed by atoms with van der Waals surface area (Å²) < 4.78 is 57.8. The number of likely N-dealkylation sites (tertiary alicyclic amines) is 1. The Labute approximate surface area is 275 Å². The first-order valence-electron chi connectivity index (χ1n) is 15.9. The first kappa shape index (κ1) is 35.1. The van der Waals surface area contributed by atoms with Crippen molar-refractivity contribution in [3.63, 3.8) is 0 Å². The van der Waals surface area contributed by atoms with E-state index < -0.39 is 34.4 Å². The van der Waals surface area contributed by atoms with Gasteiger partial charge in [-0.05, 0) is 48.6 Å². The van der Waals surface area contributed by atoms with Gasteiger partial charge in [0, 0.05) is 81.4 Å². The van der Waals surface area contributed by atoms with Crippen LogP contribution in [0.3, 0.4) is 0 Å². The van der Waals surface area contributed by atoms with Gasteiger partial charge >= 0.3 is 6.18 Å². The number of aliphatic hydroxyl groups is 2. The van der Waals surface area contributed by atoms with Gasteiger partial charge in [0.25, 0.3) is 0 Å². The molecule has 14 heteroatoms. The summed E-state index contributed by atoms with van der Waals surface area (Å²) in [4.78, 5) is 18.7. The maximum Gasteiger partial charge on any atom is 0.416 e. The van der Waals surface area contributed by atoms with Crippen LogP contribution in [0.1, 0.15) is 61.2 Å². The van der Waals surface area contributed by atoms with Crippen LogP contribution in [0.5, 0.6) is 0 Å². The van der Waals surface area contributed by atoms with Crippen LogP contribution < -0.4 is 5.32 Å². The summed E-state index contributed by atoms with van der Waals surface area (Å²) in [6.07, 6.45) is -0.490. The number of aromatic nitrogens is 3. The molecule has 1 fully saturated rings. The van der Waals surface area contributed by atoms with Crippen molar-refractivity contribution in [2.75, 3.05) is 32.4 Å². The zero-order chi connectivity index (χ0) is 33.9. The number of carbonyl (C=O) groups is 1. The molecule has 0 bridgehead atoms. The number of hydrogen-bond acceptors (Lipinski definition) is 7. The highest BCUT2D eigenvalue weighted by molar-refractivity contribution is 7.81. The Morgan fingerprint density at radius 3 is 2.51 bits per heavy atom. The minimum atomic E-state index is -4.61. The van der Waals surface area contributed by atoms with Crippen molar-refractivity contribution in [1.82, 2.24) is 29.3 Å². The second-order valence-corrected chi connectivity index (χ2v) is 14.3. The molecule has 1 amide bonds. The van der Waals surface area contributed by atoms with Gasteiger partial charge in [-0.15, -0.1) is 0 Å². The third-order valence-electron chi connectivity index (χ3n) is 8.89. The standard InChI is InChI=1S/C33H43F3N6O4S/c1-22(2)16-30(44)38-18-24-17-23(7-8-27(24)33(34,35)36)31-26-21-41(47(3)46)13-9-28(26)42(39-31)20-25(43)19-40-14-10-32(45,11-15-40)29-6-4-5-12-37-29/h4-8,12,17,22,25,43,45H,9-11,13-16,18-21H2,1-3H3,(H,38,44). The van der Waals surface area contributed by atoms with E-state index in [0.29, 0.717) is 68.9 Å². The molecule has 0 aliphatic carbocycles. The number of aliphatic hydroxyl groups excluding tert-OH is 1. The fraction of sp³-hybridized carbons (Fsp3) is 0.545. The minimum absolute atomic E-state index is 0.0612. The van der Waals surface area contributed by atoms with Crippen LogP contribution in [0.2, 0.25) is 0 Å². The highest BCUT2D eigenvalue weighted by Crippen LogP contribution is 2.37. The van der Waals surface area contributed by atoms with E-state index in [0.717, 1.165) is 17.3 Å². The highest BCUT2D eigenvalue weighted by atomic mass is 32.2. The second-order valence-electron chi connectivity index (χ2n) is 12.9. The lowest BCUT2D eigenvalue weighted by atomic mass is 9.87. The fourth-order valence-corrected chi connectivity index (χ4v) is 7.08. The Kier molecular flexibility index (Phi) is 10.9. The maximum atomic E-state index is 14.0. The van der Waals surface area contributed by atoms with Gasteiger partial charge in [0.15, 0.2) is 0 Å². The summed E-state index contributed by atoms with van der Waals surface area (Å²) in [5.41, 5.74) is 1.24. The molecule has 5 rings (SSSR count).